The van der Waals surface area contributed by atoms with E-state index in [-0.39, 0.29) is 16.6 Å². The third-order valence-corrected chi connectivity index (χ3v) is 2.72. The second kappa shape index (κ2) is 6.46. The molecule has 0 saturated carbocycles. The van der Waals surface area contributed by atoms with E-state index in [1.807, 2.05) is 0 Å². The van der Waals surface area contributed by atoms with Crippen LogP contribution in [0.3, 0.4) is 0 Å². The van der Waals surface area contributed by atoms with Crippen LogP contribution in [-0.2, 0) is 4.79 Å². The molecule has 2 amide bonds. The lowest BCUT2D eigenvalue weighted by Gasteiger charge is -2.13. The van der Waals surface area contributed by atoms with Crippen LogP contribution in [0.2, 0.25) is 0 Å². The van der Waals surface area contributed by atoms with Crippen molar-refractivity contribution in [3.8, 4) is 0 Å². The number of urea groups is 1. The van der Waals surface area contributed by atoms with Crippen LogP contribution in [0.5, 0.6) is 0 Å². The van der Waals surface area contributed by atoms with E-state index in [4.69, 9.17) is 5.11 Å². The summed E-state index contributed by atoms with van der Waals surface area (Å²) in [6.07, 6.45) is -0.273. The normalized spacial score (nSPS) is 11.8. The Morgan fingerprint density at radius 2 is 2.00 bits per heavy atom. The fourth-order valence-corrected chi connectivity index (χ4v) is 1.63. The van der Waals surface area contributed by atoms with Crippen LogP contribution in [-0.4, -0.2) is 23.1 Å². The maximum Gasteiger partial charge on any atom is 0.319 e. The Hall–Kier alpha value is -1.70. The number of carboxylic acid groups (broad SMARTS) is 1. The number of carbonyl (C=O) groups is 2. The van der Waals surface area contributed by atoms with E-state index in [9.17, 15) is 18.4 Å². The Labute approximate surface area is 116 Å². The Morgan fingerprint density at radius 3 is 2.58 bits per heavy atom. The van der Waals surface area contributed by atoms with Crippen molar-refractivity contribution in [3.63, 3.8) is 0 Å². The first-order chi connectivity index (χ1) is 8.79. The van der Waals surface area contributed by atoms with Gasteiger partial charge in [0.2, 0.25) is 0 Å². The summed E-state index contributed by atoms with van der Waals surface area (Å²) >= 11 is 2.81. The second-order valence-corrected chi connectivity index (χ2v) is 4.70. The molecule has 0 spiro atoms. The lowest BCUT2D eigenvalue weighted by Crippen LogP contribution is -2.37. The molecule has 1 unspecified atom stereocenters. The Kier molecular flexibility index (Phi) is 5.22. The fraction of sp³-hybridized carbons (Fsp3) is 0.273. The molecule has 0 heterocycles. The number of carboxylic acids is 1. The number of hydrogen-bond acceptors (Lipinski definition) is 2. The van der Waals surface area contributed by atoms with Gasteiger partial charge in [-0.25, -0.2) is 13.6 Å². The van der Waals surface area contributed by atoms with E-state index < -0.39 is 29.7 Å². The molecule has 0 bridgehead atoms. The van der Waals surface area contributed by atoms with Crippen molar-refractivity contribution in [2.24, 2.45) is 0 Å². The van der Waals surface area contributed by atoms with Gasteiger partial charge in [-0.05, 0) is 28.9 Å². The summed E-state index contributed by atoms with van der Waals surface area (Å²) < 4.78 is 26.5. The average Bonchev–Trinajstić information content (AvgIpc) is 2.24. The summed E-state index contributed by atoms with van der Waals surface area (Å²) in [6.45, 7) is 1.48. The van der Waals surface area contributed by atoms with Crippen LogP contribution in [0.25, 0.3) is 0 Å². The standard InChI is InChI=1S/C11H11BrF2N2O3/c1-5(2-10(17)18)15-11(19)16-9-4-7(13)6(12)3-8(9)14/h3-5H,2H2,1H3,(H,17,18)(H2,15,16,19). The van der Waals surface area contributed by atoms with Crippen LogP contribution in [0.1, 0.15) is 13.3 Å². The van der Waals surface area contributed by atoms with Crippen LogP contribution in [0.4, 0.5) is 19.3 Å². The Balaban J connectivity index is 2.67. The molecule has 0 aliphatic rings. The molecule has 0 aliphatic carbocycles. The molecule has 0 aliphatic heterocycles. The molecule has 19 heavy (non-hydrogen) atoms. The zero-order valence-corrected chi connectivity index (χ0v) is 11.4. The number of amides is 2. The van der Waals surface area contributed by atoms with Crippen molar-refractivity contribution in [2.75, 3.05) is 5.32 Å². The van der Waals surface area contributed by atoms with Crippen LogP contribution in [0, 0.1) is 11.6 Å². The first-order valence-electron chi connectivity index (χ1n) is 5.23. The number of aliphatic carboxylic acids is 1. The highest BCUT2D eigenvalue weighted by atomic mass is 79.9. The second-order valence-electron chi connectivity index (χ2n) is 3.84. The first-order valence-corrected chi connectivity index (χ1v) is 6.02. The number of hydrogen-bond donors (Lipinski definition) is 3. The minimum Gasteiger partial charge on any atom is -0.481 e. The Bertz CT molecular complexity index is 511. The van der Waals surface area contributed by atoms with Crippen LogP contribution < -0.4 is 10.6 Å². The number of anilines is 1. The van der Waals surface area contributed by atoms with Gasteiger partial charge >= 0.3 is 12.0 Å². The highest BCUT2D eigenvalue weighted by Gasteiger charge is 2.14. The molecule has 1 aromatic carbocycles. The van der Waals surface area contributed by atoms with E-state index >= 15 is 0 Å². The quantitative estimate of drug-likeness (QED) is 0.739. The van der Waals surface area contributed by atoms with Gasteiger partial charge in [0.05, 0.1) is 16.6 Å². The van der Waals surface area contributed by atoms with Crippen molar-refractivity contribution >= 4 is 33.6 Å². The highest BCUT2D eigenvalue weighted by Crippen LogP contribution is 2.23. The summed E-state index contributed by atoms with van der Waals surface area (Å²) in [6, 6.07) is 0.252. The summed E-state index contributed by atoms with van der Waals surface area (Å²) in [7, 11) is 0. The summed E-state index contributed by atoms with van der Waals surface area (Å²) in [4.78, 5) is 21.8. The van der Waals surface area contributed by atoms with Crippen molar-refractivity contribution < 1.29 is 23.5 Å². The number of nitrogens with one attached hydrogen (secondary N) is 2. The molecule has 1 rings (SSSR count). The summed E-state index contributed by atoms with van der Waals surface area (Å²) in [5.41, 5.74) is -0.333. The largest absolute Gasteiger partial charge is 0.481 e. The van der Waals surface area contributed by atoms with Gasteiger partial charge < -0.3 is 15.7 Å². The van der Waals surface area contributed by atoms with Gasteiger partial charge in [0.25, 0.3) is 0 Å². The monoisotopic (exact) mass is 336 g/mol. The molecule has 1 aromatic rings. The zero-order chi connectivity index (χ0) is 14.6. The molecule has 5 nitrogen and oxygen atoms in total. The minimum absolute atomic E-state index is 0.0600. The maximum atomic E-state index is 13.4. The first kappa shape index (κ1) is 15.4. The molecule has 0 fully saturated rings. The van der Waals surface area contributed by atoms with E-state index in [1.165, 1.54) is 6.92 Å². The maximum absolute atomic E-state index is 13.4. The fourth-order valence-electron chi connectivity index (χ4n) is 1.31. The van der Waals surface area contributed by atoms with Gasteiger partial charge in [-0.15, -0.1) is 0 Å². The van der Waals surface area contributed by atoms with Gasteiger partial charge in [0, 0.05) is 12.1 Å². The number of carbonyl (C=O) groups excluding carboxylic acids is 1. The predicted octanol–water partition coefficient (Wildman–Crippen LogP) is 2.71. The number of rotatable bonds is 4. The number of benzene rings is 1. The lowest BCUT2D eigenvalue weighted by atomic mass is 10.2. The lowest BCUT2D eigenvalue weighted by molar-refractivity contribution is -0.137. The summed E-state index contributed by atoms with van der Waals surface area (Å²) in [5, 5.41) is 12.9. The van der Waals surface area contributed by atoms with Gasteiger partial charge in [0.15, 0.2) is 0 Å². The third-order valence-electron chi connectivity index (χ3n) is 2.12. The van der Waals surface area contributed by atoms with Gasteiger partial charge in [-0.3, -0.25) is 4.79 Å². The van der Waals surface area contributed by atoms with Crippen molar-refractivity contribution in [3.05, 3.63) is 28.2 Å². The molecule has 0 aromatic heterocycles. The Morgan fingerprint density at radius 1 is 1.37 bits per heavy atom. The molecule has 3 N–H and O–H groups in total. The highest BCUT2D eigenvalue weighted by molar-refractivity contribution is 9.10. The van der Waals surface area contributed by atoms with Crippen LogP contribution >= 0.6 is 15.9 Å². The van der Waals surface area contributed by atoms with Gasteiger partial charge in [0.1, 0.15) is 11.6 Å². The minimum atomic E-state index is -1.08. The average molecular weight is 337 g/mol. The molecular weight excluding hydrogens is 326 g/mol. The van der Waals surface area contributed by atoms with Gasteiger partial charge in [-0.2, -0.15) is 0 Å². The molecular formula is C11H11BrF2N2O3. The topological polar surface area (TPSA) is 78.4 Å². The summed E-state index contributed by atoms with van der Waals surface area (Å²) in [5.74, 6) is -2.61. The molecule has 8 heteroatoms. The van der Waals surface area contributed by atoms with E-state index in [0.717, 1.165) is 12.1 Å². The van der Waals surface area contributed by atoms with E-state index in [1.54, 1.807) is 0 Å². The predicted molar refractivity (Wildman–Crippen MR) is 67.9 cm³/mol. The smallest absolute Gasteiger partial charge is 0.319 e. The van der Waals surface area contributed by atoms with Crippen molar-refractivity contribution in [2.45, 2.75) is 19.4 Å². The third kappa shape index (κ3) is 4.82. The molecule has 0 radical (unpaired) electrons. The van der Waals surface area contributed by atoms with E-state index in [0.29, 0.717) is 0 Å². The van der Waals surface area contributed by atoms with Crippen molar-refractivity contribution in [1.82, 2.24) is 5.32 Å². The van der Waals surface area contributed by atoms with Gasteiger partial charge in [-0.1, -0.05) is 0 Å². The van der Waals surface area contributed by atoms with Crippen LogP contribution in [0.15, 0.2) is 16.6 Å². The molecule has 1 atom stereocenters. The zero-order valence-electron chi connectivity index (χ0n) is 9.84. The van der Waals surface area contributed by atoms with Crippen molar-refractivity contribution in [1.29, 1.82) is 0 Å². The van der Waals surface area contributed by atoms with E-state index in [2.05, 4.69) is 26.6 Å². The molecule has 0 saturated heterocycles. The SMILES string of the molecule is CC(CC(=O)O)NC(=O)Nc1cc(F)c(Br)cc1F. The number of halogens is 3. The molecule has 104 valence electrons.